The van der Waals surface area contributed by atoms with Crippen LogP contribution >= 0.6 is 0 Å². The molecule has 0 bridgehead atoms. The number of non-ortho nitro benzene ring substituents is 1. The SMILES string of the molecule is N#CC(N=Nc1ccc([N+](=O)[O-])cc1)C(=O)O. The predicted octanol–water partition coefficient (Wildman–Crippen LogP) is 1.66. The third-order valence-corrected chi connectivity index (χ3v) is 1.71. The summed E-state index contributed by atoms with van der Waals surface area (Å²) in [6, 6.07) is 4.87. The van der Waals surface area contributed by atoms with E-state index in [1.165, 1.54) is 30.3 Å². The third-order valence-electron chi connectivity index (χ3n) is 1.71. The largest absolute Gasteiger partial charge is 0.479 e. The Balaban J connectivity index is 2.82. The van der Waals surface area contributed by atoms with Gasteiger partial charge in [-0.3, -0.25) is 10.1 Å². The maximum absolute atomic E-state index is 10.4. The number of nitro benzene ring substituents is 1. The van der Waals surface area contributed by atoms with E-state index in [1.54, 1.807) is 0 Å². The summed E-state index contributed by atoms with van der Waals surface area (Å²) in [5, 5.41) is 34.0. The predicted molar refractivity (Wildman–Crippen MR) is 54.6 cm³/mol. The number of nitrogens with zero attached hydrogens (tertiary/aromatic N) is 4. The molecule has 0 aromatic heterocycles. The number of carboxylic acid groups (broad SMARTS) is 1. The van der Waals surface area contributed by atoms with Crippen LogP contribution in [0.1, 0.15) is 0 Å². The molecular formula is C9H6N4O4. The molecule has 0 radical (unpaired) electrons. The molecule has 0 spiro atoms. The average molecular weight is 234 g/mol. The van der Waals surface area contributed by atoms with Crippen LogP contribution in [0, 0.1) is 21.4 Å². The van der Waals surface area contributed by atoms with Crippen molar-refractivity contribution in [2.45, 2.75) is 6.04 Å². The number of nitro groups is 1. The minimum absolute atomic E-state index is 0.112. The lowest BCUT2D eigenvalue weighted by atomic mass is 10.3. The summed E-state index contributed by atoms with van der Waals surface area (Å²) in [5.41, 5.74) is 0.121. The van der Waals surface area contributed by atoms with E-state index in [0.717, 1.165) is 0 Å². The third kappa shape index (κ3) is 3.35. The Morgan fingerprint density at radius 2 is 2.06 bits per heavy atom. The molecule has 8 nitrogen and oxygen atoms in total. The second-order valence-electron chi connectivity index (χ2n) is 2.86. The minimum atomic E-state index is -1.58. The van der Waals surface area contributed by atoms with Gasteiger partial charge in [-0.05, 0) is 12.1 Å². The maximum Gasteiger partial charge on any atom is 0.345 e. The van der Waals surface area contributed by atoms with E-state index in [1.807, 2.05) is 0 Å². The van der Waals surface area contributed by atoms with Crippen molar-refractivity contribution in [2.24, 2.45) is 10.2 Å². The molecular weight excluding hydrogens is 228 g/mol. The zero-order valence-electron chi connectivity index (χ0n) is 8.35. The first-order valence-corrected chi connectivity index (χ1v) is 4.32. The van der Waals surface area contributed by atoms with E-state index >= 15 is 0 Å². The standard InChI is InChI=1S/C9H6N4O4/c10-5-8(9(14)15)12-11-6-1-3-7(4-2-6)13(16)17/h1-4,8H,(H,14,15). The number of aliphatic carboxylic acids is 1. The fourth-order valence-electron chi connectivity index (χ4n) is 0.896. The molecule has 0 saturated carbocycles. The number of nitriles is 1. The zero-order chi connectivity index (χ0) is 12.8. The first-order valence-electron chi connectivity index (χ1n) is 4.32. The molecule has 1 N–H and O–H groups in total. The van der Waals surface area contributed by atoms with E-state index in [0.29, 0.717) is 0 Å². The van der Waals surface area contributed by atoms with Gasteiger partial charge in [0.15, 0.2) is 0 Å². The molecule has 0 aliphatic rings. The van der Waals surface area contributed by atoms with Gasteiger partial charge >= 0.3 is 5.97 Å². The van der Waals surface area contributed by atoms with Crippen LogP contribution < -0.4 is 0 Å². The summed E-state index contributed by atoms with van der Waals surface area (Å²) in [4.78, 5) is 20.2. The lowest BCUT2D eigenvalue weighted by Crippen LogP contribution is -2.14. The van der Waals surface area contributed by atoms with Gasteiger partial charge in [0.2, 0.25) is 0 Å². The lowest BCUT2D eigenvalue weighted by Gasteiger charge is -1.95. The summed E-state index contributed by atoms with van der Waals surface area (Å²) < 4.78 is 0. The van der Waals surface area contributed by atoms with Gasteiger partial charge in [-0.2, -0.15) is 15.5 Å². The van der Waals surface area contributed by atoms with Crippen molar-refractivity contribution >= 4 is 17.3 Å². The smallest absolute Gasteiger partial charge is 0.345 e. The van der Waals surface area contributed by atoms with Crippen LogP contribution in [0.5, 0.6) is 0 Å². The number of carbonyl (C=O) groups is 1. The molecule has 1 unspecified atom stereocenters. The highest BCUT2D eigenvalue weighted by Crippen LogP contribution is 2.18. The fraction of sp³-hybridized carbons (Fsp3) is 0.111. The second kappa shape index (κ2) is 5.32. The van der Waals surface area contributed by atoms with Gasteiger partial charge in [0.05, 0.1) is 10.6 Å². The van der Waals surface area contributed by atoms with E-state index in [4.69, 9.17) is 10.4 Å². The Morgan fingerprint density at radius 3 is 2.47 bits per heavy atom. The molecule has 0 fully saturated rings. The Morgan fingerprint density at radius 1 is 1.47 bits per heavy atom. The molecule has 1 atom stereocenters. The Labute approximate surface area is 95.0 Å². The molecule has 86 valence electrons. The number of azo groups is 1. The Bertz CT molecular complexity index is 503. The van der Waals surface area contributed by atoms with E-state index in [2.05, 4.69) is 10.2 Å². The van der Waals surface area contributed by atoms with Crippen LogP contribution in [0.4, 0.5) is 11.4 Å². The zero-order valence-corrected chi connectivity index (χ0v) is 8.35. The van der Waals surface area contributed by atoms with Crippen LogP contribution in [0.15, 0.2) is 34.5 Å². The minimum Gasteiger partial charge on any atom is -0.479 e. The van der Waals surface area contributed by atoms with Crippen molar-refractivity contribution in [1.82, 2.24) is 0 Å². The van der Waals surface area contributed by atoms with Crippen LogP contribution in [0.25, 0.3) is 0 Å². The maximum atomic E-state index is 10.4. The first-order chi connectivity index (χ1) is 8.04. The van der Waals surface area contributed by atoms with Crippen molar-refractivity contribution in [1.29, 1.82) is 5.26 Å². The van der Waals surface area contributed by atoms with Gasteiger partial charge in [0.25, 0.3) is 11.7 Å². The molecule has 0 aliphatic heterocycles. The monoisotopic (exact) mass is 234 g/mol. The van der Waals surface area contributed by atoms with Gasteiger partial charge in [-0.1, -0.05) is 0 Å². The summed E-state index contributed by atoms with van der Waals surface area (Å²) >= 11 is 0. The highest BCUT2D eigenvalue weighted by molar-refractivity contribution is 5.76. The number of rotatable bonds is 4. The molecule has 17 heavy (non-hydrogen) atoms. The summed E-state index contributed by atoms with van der Waals surface area (Å²) in [7, 11) is 0. The van der Waals surface area contributed by atoms with Crippen LogP contribution in [0.3, 0.4) is 0 Å². The molecule has 1 aromatic rings. The summed E-state index contributed by atoms with van der Waals surface area (Å²) in [5.74, 6) is -1.40. The lowest BCUT2D eigenvalue weighted by molar-refractivity contribution is -0.384. The average Bonchev–Trinajstić information content (AvgIpc) is 2.30. The van der Waals surface area contributed by atoms with Gasteiger partial charge in [0, 0.05) is 12.1 Å². The molecule has 0 amide bonds. The van der Waals surface area contributed by atoms with Crippen molar-refractivity contribution in [3.8, 4) is 6.07 Å². The van der Waals surface area contributed by atoms with E-state index in [9.17, 15) is 14.9 Å². The van der Waals surface area contributed by atoms with Crippen molar-refractivity contribution in [3.05, 3.63) is 34.4 Å². The Hall–Kier alpha value is -2.82. The molecule has 0 heterocycles. The van der Waals surface area contributed by atoms with Gasteiger partial charge in [-0.15, -0.1) is 0 Å². The van der Waals surface area contributed by atoms with Crippen LogP contribution in [-0.2, 0) is 4.79 Å². The number of hydrogen-bond donors (Lipinski definition) is 1. The van der Waals surface area contributed by atoms with E-state index in [-0.39, 0.29) is 11.4 Å². The second-order valence-corrected chi connectivity index (χ2v) is 2.86. The van der Waals surface area contributed by atoms with Crippen LogP contribution in [0.2, 0.25) is 0 Å². The first kappa shape index (κ1) is 12.3. The molecule has 0 aliphatic carbocycles. The van der Waals surface area contributed by atoms with Crippen molar-refractivity contribution in [3.63, 3.8) is 0 Å². The molecule has 0 saturated heterocycles. The summed E-state index contributed by atoms with van der Waals surface area (Å²) in [6.07, 6.45) is 0. The number of carboxylic acids is 1. The molecule has 1 rings (SSSR count). The van der Waals surface area contributed by atoms with Crippen molar-refractivity contribution in [2.75, 3.05) is 0 Å². The van der Waals surface area contributed by atoms with Crippen LogP contribution in [-0.4, -0.2) is 22.0 Å². The topological polar surface area (TPSA) is 129 Å². The van der Waals surface area contributed by atoms with Gasteiger partial charge in [0.1, 0.15) is 6.07 Å². The van der Waals surface area contributed by atoms with Crippen molar-refractivity contribution < 1.29 is 14.8 Å². The Kier molecular flexibility index (Phi) is 3.83. The number of hydrogen-bond acceptors (Lipinski definition) is 6. The highest BCUT2D eigenvalue weighted by Gasteiger charge is 2.14. The number of benzene rings is 1. The summed E-state index contributed by atoms with van der Waals surface area (Å²) in [6.45, 7) is 0. The van der Waals surface area contributed by atoms with Gasteiger partial charge < -0.3 is 5.11 Å². The molecule has 1 aromatic carbocycles. The highest BCUT2D eigenvalue weighted by atomic mass is 16.6. The van der Waals surface area contributed by atoms with E-state index < -0.39 is 16.9 Å². The quantitative estimate of drug-likeness (QED) is 0.481. The fourth-order valence-corrected chi connectivity index (χ4v) is 0.896. The normalized spacial score (nSPS) is 11.9. The van der Waals surface area contributed by atoms with Gasteiger partial charge in [-0.25, -0.2) is 4.79 Å². The molecule has 8 heteroatoms.